The Morgan fingerprint density at radius 2 is 2.24 bits per heavy atom. The van der Waals surface area contributed by atoms with Crippen molar-refractivity contribution >= 4 is 33.2 Å². The van der Waals surface area contributed by atoms with Crippen molar-refractivity contribution in [1.82, 2.24) is 14.6 Å². The van der Waals surface area contributed by atoms with E-state index in [2.05, 4.69) is 31.3 Å². The largest absolute Gasteiger partial charge is 0.497 e. The van der Waals surface area contributed by atoms with Gasteiger partial charge in [-0.15, -0.1) is 0 Å². The molecule has 1 N–H and O–H groups in total. The van der Waals surface area contributed by atoms with E-state index in [9.17, 15) is 4.79 Å². The van der Waals surface area contributed by atoms with E-state index in [1.165, 1.54) is 0 Å². The zero-order chi connectivity index (χ0) is 14.8. The molecule has 0 atom stereocenters. The first-order valence-corrected chi connectivity index (χ1v) is 6.92. The fraction of sp³-hybridized carbons (Fsp3) is 0.0714. The molecule has 1 amide bonds. The maximum absolute atomic E-state index is 12.3. The number of nitrogens with one attached hydrogen (secondary N) is 1. The van der Waals surface area contributed by atoms with Gasteiger partial charge in [-0.2, -0.15) is 5.10 Å². The molecule has 0 saturated heterocycles. The minimum atomic E-state index is -0.319. The fourth-order valence-corrected chi connectivity index (χ4v) is 2.44. The summed E-state index contributed by atoms with van der Waals surface area (Å²) >= 11 is 3.36. The quantitative estimate of drug-likeness (QED) is 0.791. The molecule has 2 aromatic heterocycles. The molecule has 1 aromatic carbocycles. The molecular weight excluding hydrogens is 336 g/mol. The molecule has 6 nitrogen and oxygen atoms in total. The average molecular weight is 347 g/mol. The molecular formula is C14H11BrN4O2. The summed E-state index contributed by atoms with van der Waals surface area (Å²) in [7, 11) is 1.57. The van der Waals surface area contributed by atoms with Gasteiger partial charge in [0.25, 0.3) is 5.91 Å². The van der Waals surface area contributed by atoms with Crippen LogP contribution < -0.4 is 10.1 Å². The number of amides is 1. The Kier molecular flexibility index (Phi) is 3.57. The number of ether oxygens (including phenoxy) is 1. The van der Waals surface area contributed by atoms with E-state index < -0.39 is 0 Å². The van der Waals surface area contributed by atoms with E-state index in [-0.39, 0.29) is 11.6 Å². The monoisotopic (exact) mass is 346 g/mol. The van der Waals surface area contributed by atoms with E-state index in [4.69, 9.17) is 4.74 Å². The molecule has 0 aliphatic heterocycles. The van der Waals surface area contributed by atoms with Crippen LogP contribution in [0.25, 0.3) is 5.65 Å². The Balaban J connectivity index is 1.91. The number of fused-ring (bicyclic) bond motifs is 1. The van der Waals surface area contributed by atoms with Gasteiger partial charge in [0.2, 0.25) is 0 Å². The maximum Gasteiger partial charge on any atom is 0.277 e. The zero-order valence-electron chi connectivity index (χ0n) is 11.1. The minimum Gasteiger partial charge on any atom is -0.497 e. The third-order valence-corrected chi connectivity index (χ3v) is 3.61. The molecule has 106 valence electrons. The lowest BCUT2D eigenvalue weighted by Gasteiger charge is -2.05. The van der Waals surface area contributed by atoms with Crippen molar-refractivity contribution in [1.29, 1.82) is 0 Å². The van der Waals surface area contributed by atoms with Crippen LogP contribution in [-0.4, -0.2) is 27.6 Å². The Labute approximate surface area is 128 Å². The molecule has 2 heterocycles. The number of nitrogens with zero attached hydrogens (tertiary/aromatic N) is 3. The lowest BCUT2D eigenvalue weighted by atomic mass is 10.3. The van der Waals surface area contributed by atoms with Crippen molar-refractivity contribution in [2.75, 3.05) is 12.4 Å². The number of hydrogen-bond donors (Lipinski definition) is 1. The minimum absolute atomic E-state index is 0.275. The lowest BCUT2D eigenvalue weighted by Crippen LogP contribution is -2.13. The Hall–Kier alpha value is -2.41. The molecule has 3 rings (SSSR count). The van der Waals surface area contributed by atoms with Crippen LogP contribution in [0.1, 0.15) is 10.5 Å². The van der Waals surface area contributed by atoms with E-state index >= 15 is 0 Å². The number of carbonyl (C=O) groups excluding carboxylic acids is 1. The Morgan fingerprint density at radius 1 is 1.38 bits per heavy atom. The molecule has 0 fully saturated rings. The van der Waals surface area contributed by atoms with Crippen molar-refractivity contribution in [2.45, 2.75) is 0 Å². The van der Waals surface area contributed by atoms with Crippen LogP contribution in [0.3, 0.4) is 0 Å². The second-order valence-corrected chi connectivity index (χ2v) is 5.03. The summed E-state index contributed by atoms with van der Waals surface area (Å²) in [5.41, 5.74) is 1.50. The van der Waals surface area contributed by atoms with Gasteiger partial charge in [0.1, 0.15) is 5.75 Å². The van der Waals surface area contributed by atoms with Gasteiger partial charge in [-0.3, -0.25) is 4.79 Å². The highest BCUT2D eigenvalue weighted by Crippen LogP contribution is 2.22. The summed E-state index contributed by atoms with van der Waals surface area (Å²) in [6.45, 7) is 0. The molecule has 0 aliphatic rings. The standard InChI is InChI=1S/C14H11BrN4O2/c1-21-10-5-2-4-9(8-10)17-14(20)12-11(15)13-16-6-3-7-19(13)18-12/h2-8H,1H3,(H,17,20). The number of methoxy groups -OCH3 is 1. The predicted octanol–water partition coefficient (Wildman–Crippen LogP) is 2.75. The number of carbonyl (C=O) groups is 1. The number of benzene rings is 1. The highest BCUT2D eigenvalue weighted by atomic mass is 79.9. The van der Waals surface area contributed by atoms with Gasteiger partial charge in [-0.1, -0.05) is 6.07 Å². The van der Waals surface area contributed by atoms with Crippen molar-refractivity contribution in [2.24, 2.45) is 0 Å². The number of aromatic nitrogens is 3. The van der Waals surface area contributed by atoms with Gasteiger partial charge in [0.05, 0.1) is 11.6 Å². The Morgan fingerprint density at radius 3 is 3.00 bits per heavy atom. The molecule has 3 aromatic rings. The smallest absolute Gasteiger partial charge is 0.277 e. The third kappa shape index (κ3) is 2.59. The molecule has 0 radical (unpaired) electrons. The predicted molar refractivity (Wildman–Crippen MR) is 81.6 cm³/mol. The summed E-state index contributed by atoms with van der Waals surface area (Å²) in [4.78, 5) is 16.5. The normalized spacial score (nSPS) is 10.6. The third-order valence-electron chi connectivity index (χ3n) is 2.88. The van der Waals surface area contributed by atoms with E-state index in [1.807, 2.05) is 0 Å². The van der Waals surface area contributed by atoms with Crippen LogP contribution in [-0.2, 0) is 0 Å². The fourth-order valence-electron chi connectivity index (χ4n) is 1.90. The maximum atomic E-state index is 12.3. The van der Waals surface area contributed by atoms with Gasteiger partial charge in [-0.05, 0) is 34.1 Å². The summed E-state index contributed by atoms with van der Waals surface area (Å²) in [6, 6.07) is 8.87. The first kappa shape index (κ1) is 13.6. The van der Waals surface area contributed by atoms with Gasteiger partial charge in [-0.25, -0.2) is 9.50 Å². The van der Waals surface area contributed by atoms with Crippen molar-refractivity contribution < 1.29 is 9.53 Å². The van der Waals surface area contributed by atoms with Crippen LogP contribution in [0.15, 0.2) is 47.2 Å². The van der Waals surface area contributed by atoms with Crippen molar-refractivity contribution in [3.8, 4) is 5.75 Å². The van der Waals surface area contributed by atoms with E-state index in [0.29, 0.717) is 21.6 Å². The van der Waals surface area contributed by atoms with E-state index in [0.717, 1.165) is 0 Å². The molecule has 0 spiro atoms. The van der Waals surface area contributed by atoms with Gasteiger partial charge in [0, 0.05) is 24.1 Å². The second-order valence-electron chi connectivity index (χ2n) is 4.24. The summed E-state index contributed by atoms with van der Waals surface area (Å²) in [6.07, 6.45) is 3.38. The van der Waals surface area contributed by atoms with Crippen LogP contribution in [0.4, 0.5) is 5.69 Å². The van der Waals surface area contributed by atoms with Crippen LogP contribution in [0, 0.1) is 0 Å². The highest BCUT2D eigenvalue weighted by Gasteiger charge is 2.18. The summed E-state index contributed by atoms with van der Waals surface area (Å²) in [5.74, 6) is 0.351. The molecule has 0 bridgehead atoms. The number of rotatable bonds is 3. The first-order valence-electron chi connectivity index (χ1n) is 6.13. The molecule has 7 heteroatoms. The molecule has 0 unspecified atom stereocenters. The van der Waals surface area contributed by atoms with Gasteiger partial charge >= 0.3 is 0 Å². The molecule has 0 saturated carbocycles. The summed E-state index contributed by atoms with van der Waals surface area (Å²) < 4.78 is 7.23. The second kappa shape index (κ2) is 5.53. The average Bonchev–Trinajstić information content (AvgIpc) is 2.85. The SMILES string of the molecule is COc1cccc(NC(=O)c2nn3cccnc3c2Br)c1. The number of hydrogen-bond acceptors (Lipinski definition) is 4. The topological polar surface area (TPSA) is 68.5 Å². The van der Waals surface area contributed by atoms with Crippen molar-refractivity contribution in [3.63, 3.8) is 0 Å². The van der Waals surface area contributed by atoms with Gasteiger partial charge < -0.3 is 10.1 Å². The van der Waals surface area contributed by atoms with Gasteiger partial charge in [0.15, 0.2) is 11.3 Å². The Bertz CT molecular complexity index is 816. The van der Waals surface area contributed by atoms with Crippen molar-refractivity contribution in [3.05, 3.63) is 52.9 Å². The van der Waals surface area contributed by atoms with Crippen LogP contribution >= 0.6 is 15.9 Å². The van der Waals surface area contributed by atoms with E-state index in [1.54, 1.807) is 54.4 Å². The molecule has 21 heavy (non-hydrogen) atoms. The van der Waals surface area contributed by atoms with Crippen LogP contribution in [0.2, 0.25) is 0 Å². The molecule has 0 aliphatic carbocycles. The number of halogens is 1. The number of anilines is 1. The first-order chi connectivity index (χ1) is 10.2. The lowest BCUT2D eigenvalue weighted by molar-refractivity contribution is 0.102. The van der Waals surface area contributed by atoms with Crippen LogP contribution in [0.5, 0.6) is 5.75 Å². The highest BCUT2D eigenvalue weighted by molar-refractivity contribution is 9.10. The summed E-state index contributed by atoms with van der Waals surface area (Å²) in [5, 5.41) is 7.00. The zero-order valence-corrected chi connectivity index (χ0v) is 12.7.